The molecule has 0 radical (unpaired) electrons. The van der Waals surface area contributed by atoms with Gasteiger partial charge in [0.15, 0.2) is 5.05 Å². The van der Waals surface area contributed by atoms with E-state index < -0.39 is 5.97 Å². The normalized spacial score (nSPS) is 10.5. The second-order valence-electron chi connectivity index (χ2n) is 2.12. The van der Waals surface area contributed by atoms with Crippen molar-refractivity contribution in [3.05, 3.63) is 11.8 Å². The molecule has 74 valence electrons. The monoisotopic (exact) mass is 204 g/mol. The van der Waals surface area contributed by atoms with E-state index in [0.29, 0.717) is 10.8 Å². The third-order valence-electron chi connectivity index (χ3n) is 1.16. The molecule has 0 aromatic carbocycles. The lowest BCUT2D eigenvalue weighted by atomic mass is 10.4. The van der Waals surface area contributed by atoms with Crippen LogP contribution in [0.4, 0.5) is 0 Å². The summed E-state index contributed by atoms with van der Waals surface area (Å²) < 4.78 is 14.2. The standard InChI is InChI=1S/C8H12O4S/c1-6(13)12-5-7(10-2)4-8(9)11-3/h4H,5H2,1-3H3/b7-4+. The lowest BCUT2D eigenvalue weighted by molar-refractivity contribution is -0.135. The van der Waals surface area contributed by atoms with E-state index in [0.717, 1.165) is 0 Å². The summed E-state index contributed by atoms with van der Waals surface area (Å²) in [5.74, 6) is -0.112. The maximum absolute atomic E-state index is 10.8. The molecule has 0 rings (SSSR count). The predicted octanol–water partition coefficient (Wildman–Crippen LogP) is 1.05. The van der Waals surface area contributed by atoms with Crippen LogP contribution in [-0.4, -0.2) is 31.8 Å². The summed E-state index contributed by atoms with van der Waals surface area (Å²) in [4.78, 5) is 10.8. The van der Waals surface area contributed by atoms with Crippen molar-refractivity contribution in [1.82, 2.24) is 0 Å². The zero-order valence-corrected chi connectivity index (χ0v) is 8.64. The van der Waals surface area contributed by atoms with Crippen molar-refractivity contribution in [2.75, 3.05) is 20.8 Å². The maximum atomic E-state index is 10.8. The van der Waals surface area contributed by atoms with Crippen LogP contribution in [0.5, 0.6) is 0 Å². The van der Waals surface area contributed by atoms with Gasteiger partial charge in [0.05, 0.1) is 20.3 Å². The molecule has 0 N–H and O–H groups in total. The first kappa shape index (κ1) is 11.9. The van der Waals surface area contributed by atoms with Crippen LogP contribution in [0.25, 0.3) is 0 Å². The Morgan fingerprint density at radius 3 is 2.38 bits per heavy atom. The van der Waals surface area contributed by atoms with Crippen LogP contribution >= 0.6 is 12.2 Å². The van der Waals surface area contributed by atoms with Crippen LogP contribution in [0.3, 0.4) is 0 Å². The summed E-state index contributed by atoms with van der Waals surface area (Å²) in [6.45, 7) is 1.78. The van der Waals surface area contributed by atoms with Crippen LogP contribution < -0.4 is 0 Å². The van der Waals surface area contributed by atoms with Gasteiger partial charge in [-0.2, -0.15) is 0 Å². The lowest BCUT2D eigenvalue weighted by Gasteiger charge is -2.06. The van der Waals surface area contributed by atoms with E-state index in [2.05, 4.69) is 17.0 Å². The third-order valence-corrected chi connectivity index (χ3v) is 1.28. The summed E-state index contributed by atoms with van der Waals surface area (Å²) in [5.41, 5.74) is 0. The molecule has 0 aliphatic carbocycles. The number of hydrogen-bond acceptors (Lipinski definition) is 5. The number of carbonyl (C=O) groups is 1. The minimum absolute atomic E-state index is 0.140. The number of ether oxygens (including phenoxy) is 3. The fourth-order valence-corrected chi connectivity index (χ4v) is 0.582. The highest BCUT2D eigenvalue weighted by Gasteiger charge is 2.02. The molecule has 0 saturated heterocycles. The Bertz CT molecular complexity index is 222. The van der Waals surface area contributed by atoms with E-state index in [1.807, 2.05) is 0 Å². The third kappa shape index (κ3) is 6.10. The smallest absolute Gasteiger partial charge is 0.334 e. The minimum atomic E-state index is -0.484. The molecule has 5 heteroatoms. The molecular weight excluding hydrogens is 192 g/mol. The Balaban J connectivity index is 4.09. The van der Waals surface area contributed by atoms with Crippen molar-refractivity contribution in [3.8, 4) is 0 Å². The molecule has 13 heavy (non-hydrogen) atoms. The minimum Gasteiger partial charge on any atom is -0.497 e. The van der Waals surface area contributed by atoms with Gasteiger partial charge >= 0.3 is 5.97 Å². The molecule has 0 bridgehead atoms. The Labute approximate surface area is 82.5 Å². The Hall–Kier alpha value is -1.10. The molecule has 0 aromatic rings. The van der Waals surface area contributed by atoms with Crippen LogP contribution in [0.1, 0.15) is 6.92 Å². The van der Waals surface area contributed by atoms with E-state index >= 15 is 0 Å². The SMILES string of the molecule is COC(=O)/C=C(\COC(C)=S)OC. The zero-order chi connectivity index (χ0) is 10.3. The maximum Gasteiger partial charge on any atom is 0.334 e. The molecule has 0 spiro atoms. The number of methoxy groups -OCH3 is 2. The Morgan fingerprint density at radius 2 is 2.00 bits per heavy atom. The molecule has 0 saturated carbocycles. The predicted molar refractivity (Wildman–Crippen MR) is 51.3 cm³/mol. The van der Waals surface area contributed by atoms with Gasteiger partial charge in [-0.3, -0.25) is 0 Å². The number of hydrogen-bond donors (Lipinski definition) is 0. The van der Waals surface area contributed by atoms with Crippen LogP contribution in [0.15, 0.2) is 11.8 Å². The molecule has 4 nitrogen and oxygen atoms in total. The zero-order valence-electron chi connectivity index (χ0n) is 7.83. The van der Waals surface area contributed by atoms with Crippen molar-refractivity contribution in [1.29, 1.82) is 0 Å². The number of thiocarbonyl (C=S) groups is 1. The van der Waals surface area contributed by atoms with Gasteiger partial charge in [-0.1, -0.05) is 0 Å². The second-order valence-corrected chi connectivity index (χ2v) is 2.69. The molecule has 0 heterocycles. The molecular formula is C8H12O4S. The first-order valence-corrected chi connectivity index (χ1v) is 3.96. The largest absolute Gasteiger partial charge is 0.497 e. The summed E-state index contributed by atoms with van der Waals surface area (Å²) in [7, 11) is 2.73. The van der Waals surface area contributed by atoms with Crippen molar-refractivity contribution in [2.24, 2.45) is 0 Å². The van der Waals surface area contributed by atoms with E-state index in [1.165, 1.54) is 20.3 Å². The Morgan fingerprint density at radius 1 is 1.38 bits per heavy atom. The quantitative estimate of drug-likeness (QED) is 0.296. The summed E-state index contributed by atoms with van der Waals surface area (Å²) in [5, 5.41) is 0.396. The highest BCUT2D eigenvalue weighted by Crippen LogP contribution is 1.98. The number of rotatable bonds is 4. The van der Waals surface area contributed by atoms with Crippen molar-refractivity contribution in [3.63, 3.8) is 0 Å². The van der Waals surface area contributed by atoms with Gasteiger partial charge in [-0.05, 0) is 12.2 Å². The molecule has 0 fully saturated rings. The van der Waals surface area contributed by atoms with Gasteiger partial charge in [0.25, 0.3) is 0 Å². The van der Waals surface area contributed by atoms with E-state index in [9.17, 15) is 4.79 Å². The number of carbonyl (C=O) groups excluding carboxylic acids is 1. The molecule has 0 aliphatic heterocycles. The fraction of sp³-hybridized carbons (Fsp3) is 0.500. The Kier molecular flexibility index (Phi) is 5.88. The van der Waals surface area contributed by atoms with Gasteiger partial charge in [0.1, 0.15) is 12.4 Å². The topological polar surface area (TPSA) is 44.8 Å². The molecule has 0 unspecified atom stereocenters. The average Bonchev–Trinajstić information content (AvgIpc) is 2.11. The first-order valence-electron chi connectivity index (χ1n) is 3.56. The second kappa shape index (κ2) is 6.42. The highest BCUT2D eigenvalue weighted by atomic mass is 32.1. The summed E-state index contributed by atoms with van der Waals surface area (Å²) in [6, 6.07) is 0. The van der Waals surface area contributed by atoms with Crippen molar-refractivity contribution in [2.45, 2.75) is 6.92 Å². The number of esters is 1. The lowest BCUT2D eigenvalue weighted by Crippen LogP contribution is -2.06. The first-order chi connectivity index (χ1) is 6.10. The summed E-state index contributed by atoms with van der Waals surface area (Å²) in [6.07, 6.45) is 1.21. The molecule has 0 atom stereocenters. The van der Waals surface area contributed by atoms with Crippen molar-refractivity contribution >= 4 is 23.2 Å². The molecule has 0 aliphatic rings. The van der Waals surface area contributed by atoms with Gasteiger partial charge < -0.3 is 14.2 Å². The van der Waals surface area contributed by atoms with Crippen molar-refractivity contribution < 1.29 is 19.0 Å². The van der Waals surface area contributed by atoms with Crippen LogP contribution in [0, 0.1) is 0 Å². The van der Waals surface area contributed by atoms with E-state index in [-0.39, 0.29) is 6.61 Å². The van der Waals surface area contributed by atoms with Gasteiger partial charge in [-0.25, -0.2) is 4.79 Å². The van der Waals surface area contributed by atoms with Gasteiger partial charge in [0, 0.05) is 6.92 Å². The van der Waals surface area contributed by atoms with Crippen LogP contribution in [-0.2, 0) is 19.0 Å². The van der Waals surface area contributed by atoms with E-state index in [4.69, 9.17) is 9.47 Å². The van der Waals surface area contributed by atoms with Gasteiger partial charge in [-0.15, -0.1) is 0 Å². The summed E-state index contributed by atoms with van der Waals surface area (Å²) >= 11 is 4.68. The van der Waals surface area contributed by atoms with Gasteiger partial charge in [0.2, 0.25) is 0 Å². The molecule has 0 aromatic heterocycles. The average molecular weight is 204 g/mol. The fourth-order valence-electron chi connectivity index (χ4n) is 0.523. The highest BCUT2D eigenvalue weighted by molar-refractivity contribution is 7.80. The molecule has 0 amide bonds. The van der Waals surface area contributed by atoms with E-state index in [1.54, 1.807) is 6.92 Å². The van der Waals surface area contributed by atoms with Crippen LogP contribution in [0.2, 0.25) is 0 Å².